The average molecular weight is 314 g/mol. The lowest BCUT2D eigenvalue weighted by atomic mass is 10.1. The van der Waals surface area contributed by atoms with Crippen LogP contribution in [-0.2, 0) is 4.74 Å². The predicted octanol–water partition coefficient (Wildman–Crippen LogP) is 4.56. The second-order valence-corrected chi connectivity index (χ2v) is 6.74. The van der Waals surface area contributed by atoms with Gasteiger partial charge in [-0.25, -0.2) is 14.2 Å². The zero-order chi connectivity index (χ0) is 14.9. The molecule has 0 aliphatic rings. The molecule has 0 atom stereocenters. The van der Waals surface area contributed by atoms with Gasteiger partial charge in [-0.15, -0.1) is 11.3 Å². The lowest BCUT2D eigenvalue weighted by Gasteiger charge is -2.19. The van der Waals surface area contributed by atoms with E-state index in [0.29, 0.717) is 10.4 Å². The van der Waals surface area contributed by atoms with Crippen molar-refractivity contribution < 1.29 is 13.9 Å². The van der Waals surface area contributed by atoms with Gasteiger partial charge < -0.3 is 4.74 Å². The van der Waals surface area contributed by atoms with Crippen LogP contribution < -0.4 is 0 Å². The van der Waals surface area contributed by atoms with Gasteiger partial charge in [0.25, 0.3) is 0 Å². The molecule has 0 bridgehead atoms. The van der Waals surface area contributed by atoms with Crippen molar-refractivity contribution in [2.24, 2.45) is 0 Å². The van der Waals surface area contributed by atoms with Gasteiger partial charge in [0, 0.05) is 0 Å². The zero-order valence-electron chi connectivity index (χ0n) is 11.2. The van der Waals surface area contributed by atoms with Crippen LogP contribution in [0.1, 0.15) is 31.3 Å². The van der Waals surface area contributed by atoms with Crippen LogP contribution in [0.15, 0.2) is 24.3 Å². The van der Waals surface area contributed by atoms with Crippen molar-refractivity contribution in [2.75, 3.05) is 0 Å². The van der Waals surface area contributed by atoms with Crippen LogP contribution in [-0.4, -0.2) is 16.6 Å². The number of nitrogens with zero attached hydrogens (tertiary/aromatic N) is 1. The molecule has 20 heavy (non-hydrogen) atoms. The minimum Gasteiger partial charge on any atom is -0.455 e. The van der Waals surface area contributed by atoms with Gasteiger partial charge in [-0.3, -0.25) is 0 Å². The maximum absolute atomic E-state index is 13.3. The van der Waals surface area contributed by atoms with Crippen molar-refractivity contribution in [1.29, 1.82) is 0 Å². The summed E-state index contributed by atoms with van der Waals surface area (Å²) in [5.41, 5.74) is 0.0302. The third-order valence-corrected chi connectivity index (χ3v) is 3.49. The van der Waals surface area contributed by atoms with Gasteiger partial charge in [0.15, 0.2) is 10.2 Å². The van der Waals surface area contributed by atoms with Gasteiger partial charge in [0.05, 0.1) is 4.88 Å². The summed E-state index contributed by atoms with van der Waals surface area (Å²) in [6.07, 6.45) is 0. The predicted molar refractivity (Wildman–Crippen MR) is 77.7 cm³/mol. The van der Waals surface area contributed by atoms with Crippen LogP contribution in [0.3, 0.4) is 0 Å². The van der Waals surface area contributed by atoms with E-state index in [-0.39, 0.29) is 16.0 Å². The number of carbonyl (C=O) groups excluding carboxylic acids is 1. The number of carbonyl (C=O) groups is 1. The fraction of sp³-hybridized carbons (Fsp3) is 0.286. The second-order valence-electron chi connectivity index (χ2n) is 5.16. The maximum atomic E-state index is 13.3. The third kappa shape index (κ3) is 3.55. The third-order valence-electron chi connectivity index (χ3n) is 2.28. The van der Waals surface area contributed by atoms with Crippen LogP contribution in [0, 0.1) is 5.82 Å². The van der Waals surface area contributed by atoms with Crippen LogP contribution in [0.2, 0.25) is 4.47 Å². The van der Waals surface area contributed by atoms with Gasteiger partial charge in [-0.05, 0) is 38.5 Å². The summed E-state index contributed by atoms with van der Waals surface area (Å²) in [5.74, 6) is -0.956. The Morgan fingerprint density at radius 3 is 2.70 bits per heavy atom. The Balaban J connectivity index is 2.43. The molecule has 1 aromatic carbocycles. The highest BCUT2D eigenvalue weighted by molar-refractivity contribution is 7.19. The highest BCUT2D eigenvalue weighted by Crippen LogP contribution is 2.34. The lowest BCUT2D eigenvalue weighted by molar-refractivity contribution is 0.00646. The van der Waals surface area contributed by atoms with E-state index in [1.807, 2.05) is 0 Å². The van der Waals surface area contributed by atoms with Crippen molar-refractivity contribution >= 4 is 28.9 Å². The van der Waals surface area contributed by atoms with Crippen LogP contribution in [0.4, 0.5) is 4.39 Å². The van der Waals surface area contributed by atoms with Gasteiger partial charge in [-0.1, -0.05) is 23.7 Å². The number of thiazole rings is 1. The van der Waals surface area contributed by atoms with Crippen molar-refractivity contribution in [3.63, 3.8) is 0 Å². The van der Waals surface area contributed by atoms with Crippen LogP contribution in [0.5, 0.6) is 0 Å². The minimum absolute atomic E-state index is 0.112. The topological polar surface area (TPSA) is 39.2 Å². The van der Waals surface area contributed by atoms with E-state index >= 15 is 0 Å². The molecule has 0 aliphatic heterocycles. The Kier molecular flexibility index (Phi) is 4.11. The van der Waals surface area contributed by atoms with Crippen molar-refractivity contribution in [3.05, 3.63) is 40.2 Å². The normalized spacial score (nSPS) is 11.4. The lowest BCUT2D eigenvalue weighted by Crippen LogP contribution is -2.24. The first kappa shape index (κ1) is 14.9. The summed E-state index contributed by atoms with van der Waals surface area (Å²) in [7, 11) is 0. The van der Waals surface area contributed by atoms with Crippen molar-refractivity contribution in [2.45, 2.75) is 26.4 Å². The van der Waals surface area contributed by atoms with Gasteiger partial charge in [0.2, 0.25) is 0 Å². The number of aromatic nitrogens is 1. The summed E-state index contributed by atoms with van der Waals surface area (Å²) in [4.78, 5) is 16.6. The molecule has 1 aromatic heterocycles. The number of benzene rings is 1. The first-order chi connectivity index (χ1) is 9.26. The van der Waals surface area contributed by atoms with Crippen molar-refractivity contribution in [3.8, 4) is 10.4 Å². The van der Waals surface area contributed by atoms with E-state index in [4.69, 9.17) is 16.3 Å². The standard InChI is InChI=1S/C14H13ClFNO2S/c1-14(2,3)19-12(18)10-11(20-13(15)17-10)8-5-4-6-9(16)7-8/h4-7H,1-3H3. The number of ether oxygens (including phenoxy) is 1. The van der Waals surface area contributed by atoms with Crippen LogP contribution >= 0.6 is 22.9 Å². The summed E-state index contributed by atoms with van der Waals surface area (Å²) >= 11 is 6.99. The Bertz CT molecular complexity index is 649. The fourth-order valence-electron chi connectivity index (χ4n) is 1.58. The Morgan fingerprint density at radius 1 is 1.40 bits per heavy atom. The summed E-state index contributed by atoms with van der Waals surface area (Å²) < 4.78 is 18.8. The molecule has 106 valence electrons. The van der Waals surface area contributed by atoms with E-state index in [9.17, 15) is 9.18 Å². The fourth-order valence-corrected chi connectivity index (χ4v) is 2.68. The molecule has 0 aliphatic carbocycles. The second kappa shape index (κ2) is 5.50. The van der Waals surface area contributed by atoms with Crippen molar-refractivity contribution in [1.82, 2.24) is 4.98 Å². The van der Waals surface area contributed by atoms with E-state index < -0.39 is 11.6 Å². The summed E-state index contributed by atoms with van der Waals surface area (Å²) in [5, 5.41) is 0. The number of hydrogen-bond acceptors (Lipinski definition) is 4. The molecule has 0 radical (unpaired) electrons. The van der Waals surface area contributed by atoms with Gasteiger partial charge >= 0.3 is 5.97 Å². The monoisotopic (exact) mass is 313 g/mol. The number of esters is 1. The Hall–Kier alpha value is -1.46. The van der Waals surface area contributed by atoms with Crippen LogP contribution in [0.25, 0.3) is 10.4 Å². The molecule has 0 saturated heterocycles. The SMILES string of the molecule is CC(C)(C)OC(=O)c1nc(Cl)sc1-c1cccc(F)c1. The van der Waals surface area contributed by atoms with E-state index in [1.54, 1.807) is 32.9 Å². The molecule has 0 unspecified atom stereocenters. The maximum Gasteiger partial charge on any atom is 0.359 e. The number of rotatable bonds is 2. The quantitative estimate of drug-likeness (QED) is 0.763. The summed E-state index contributed by atoms with van der Waals surface area (Å²) in [6, 6.07) is 5.93. The molecule has 2 rings (SSSR count). The van der Waals surface area contributed by atoms with E-state index in [1.165, 1.54) is 12.1 Å². The smallest absolute Gasteiger partial charge is 0.359 e. The van der Waals surface area contributed by atoms with Gasteiger partial charge in [0.1, 0.15) is 11.4 Å². The Morgan fingerprint density at radius 2 is 2.10 bits per heavy atom. The number of halogens is 2. The molecule has 0 fully saturated rings. The first-order valence-corrected chi connectivity index (χ1v) is 7.11. The molecule has 0 N–H and O–H groups in total. The van der Waals surface area contributed by atoms with E-state index in [0.717, 1.165) is 11.3 Å². The minimum atomic E-state index is -0.633. The average Bonchev–Trinajstić information content (AvgIpc) is 2.69. The molecule has 0 spiro atoms. The number of hydrogen-bond donors (Lipinski definition) is 0. The highest BCUT2D eigenvalue weighted by Gasteiger charge is 2.24. The molecule has 0 saturated carbocycles. The molecule has 6 heteroatoms. The molecule has 2 aromatic rings. The molecule has 3 nitrogen and oxygen atoms in total. The van der Waals surface area contributed by atoms with Gasteiger partial charge in [-0.2, -0.15) is 0 Å². The molecule has 1 heterocycles. The molecular weight excluding hydrogens is 301 g/mol. The van der Waals surface area contributed by atoms with E-state index in [2.05, 4.69) is 4.98 Å². The molecule has 0 amide bonds. The zero-order valence-corrected chi connectivity index (χ0v) is 12.8. The first-order valence-electron chi connectivity index (χ1n) is 5.92. The highest BCUT2D eigenvalue weighted by atomic mass is 35.5. The largest absolute Gasteiger partial charge is 0.455 e. The summed E-state index contributed by atoms with van der Waals surface area (Å²) in [6.45, 7) is 5.29. The molecular formula is C14H13ClFNO2S. The Labute approximate surface area is 125 Å².